The summed E-state index contributed by atoms with van der Waals surface area (Å²) in [6.07, 6.45) is 0. The van der Waals surface area contributed by atoms with E-state index in [1.54, 1.807) is 0 Å². The molecule has 0 amide bonds. The Kier molecular flexibility index (Phi) is 5.78. The number of rotatable bonds is 4. The number of hydrogen-bond acceptors (Lipinski definition) is 2. The summed E-state index contributed by atoms with van der Waals surface area (Å²) < 4.78 is 2.66. The standard InChI is InChI=1S/C43H31NS/c1-43(2)38-20-12-11-19-34(38)35-23-21-32(27-39(35)43)44(30-16-7-4-8-17-30)31-22-24-40-37(26-31)41-36(28-13-5-3-6-14-28)25-29-15-9-10-18-33(29)42(41)45-40/h3-27H,1-2H3. The van der Waals surface area contributed by atoms with Crippen molar-refractivity contribution in [1.82, 2.24) is 0 Å². The molecule has 0 saturated heterocycles. The average molecular weight is 594 g/mol. The second-order valence-electron chi connectivity index (χ2n) is 12.6. The Morgan fingerprint density at radius 3 is 2.00 bits per heavy atom. The van der Waals surface area contributed by atoms with Gasteiger partial charge in [-0.1, -0.05) is 117 Å². The molecular weight excluding hydrogens is 563 g/mol. The van der Waals surface area contributed by atoms with Crippen LogP contribution in [-0.2, 0) is 5.41 Å². The van der Waals surface area contributed by atoms with Gasteiger partial charge in [0.2, 0.25) is 0 Å². The van der Waals surface area contributed by atoms with E-state index in [2.05, 4.69) is 170 Å². The largest absolute Gasteiger partial charge is 0.310 e. The van der Waals surface area contributed by atoms with Gasteiger partial charge in [0.1, 0.15) is 0 Å². The van der Waals surface area contributed by atoms with Crippen LogP contribution < -0.4 is 4.90 Å². The smallest absolute Gasteiger partial charge is 0.0468 e. The average Bonchev–Trinajstić information content (AvgIpc) is 3.58. The minimum absolute atomic E-state index is 0.0660. The maximum Gasteiger partial charge on any atom is 0.0468 e. The third kappa shape index (κ3) is 3.99. The van der Waals surface area contributed by atoms with Crippen molar-refractivity contribution in [3.63, 3.8) is 0 Å². The van der Waals surface area contributed by atoms with Crippen molar-refractivity contribution in [2.45, 2.75) is 19.3 Å². The maximum absolute atomic E-state index is 2.42. The summed E-state index contributed by atoms with van der Waals surface area (Å²) in [5.41, 5.74) is 11.4. The molecule has 8 aromatic rings. The third-order valence-electron chi connectivity index (χ3n) is 9.63. The zero-order valence-corrected chi connectivity index (χ0v) is 26.1. The first-order valence-corrected chi connectivity index (χ1v) is 16.4. The van der Waals surface area contributed by atoms with E-state index in [-0.39, 0.29) is 5.41 Å². The molecule has 9 rings (SSSR count). The summed E-state index contributed by atoms with van der Waals surface area (Å²) in [6, 6.07) is 55.7. The fourth-order valence-electron chi connectivity index (χ4n) is 7.44. The first kappa shape index (κ1) is 26.2. The lowest BCUT2D eigenvalue weighted by Crippen LogP contribution is -2.16. The number of thiophene rings is 1. The predicted molar refractivity (Wildman–Crippen MR) is 195 cm³/mol. The summed E-state index contributed by atoms with van der Waals surface area (Å²) >= 11 is 1.90. The normalized spacial score (nSPS) is 13.3. The van der Waals surface area contributed by atoms with E-state index in [0.29, 0.717) is 0 Å². The lowest BCUT2D eigenvalue weighted by molar-refractivity contribution is 0.660. The molecule has 0 atom stereocenters. The van der Waals surface area contributed by atoms with Gasteiger partial charge >= 0.3 is 0 Å². The molecule has 0 unspecified atom stereocenters. The number of fused-ring (bicyclic) bond motifs is 8. The topological polar surface area (TPSA) is 3.24 Å². The molecule has 7 aromatic carbocycles. The maximum atomic E-state index is 2.42. The number of nitrogens with zero attached hydrogens (tertiary/aromatic N) is 1. The second kappa shape index (κ2) is 9.92. The Hall–Kier alpha value is -5.18. The fraction of sp³-hybridized carbons (Fsp3) is 0.0698. The molecule has 0 aliphatic heterocycles. The molecule has 2 heteroatoms. The van der Waals surface area contributed by atoms with Crippen LogP contribution >= 0.6 is 11.3 Å². The van der Waals surface area contributed by atoms with Crippen molar-refractivity contribution >= 4 is 59.3 Å². The van der Waals surface area contributed by atoms with E-state index in [1.165, 1.54) is 70.0 Å². The van der Waals surface area contributed by atoms with E-state index >= 15 is 0 Å². The zero-order valence-electron chi connectivity index (χ0n) is 25.3. The van der Waals surface area contributed by atoms with Crippen LogP contribution in [0.1, 0.15) is 25.0 Å². The van der Waals surface area contributed by atoms with Gasteiger partial charge in [0.25, 0.3) is 0 Å². The van der Waals surface area contributed by atoms with Crippen LogP contribution in [0.25, 0.3) is 53.2 Å². The Morgan fingerprint density at radius 1 is 0.489 bits per heavy atom. The van der Waals surface area contributed by atoms with Gasteiger partial charge in [0.05, 0.1) is 0 Å². The van der Waals surface area contributed by atoms with Gasteiger partial charge in [-0.3, -0.25) is 0 Å². The molecule has 214 valence electrons. The Labute approximate surface area is 267 Å². The molecule has 0 radical (unpaired) electrons. The first-order chi connectivity index (χ1) is 22.1. The molecular formula is C43H31NS. The van der Waals surface area contributed by atoms with Crippen molar-refractivity contribution in [3.05, 3.63) is 163 Å². The molecule has 0 bridgehead atoms. The molecule has 1 aliphatic rings. The van der Waals surface area contributed by atoms with Crippen molar-refractivity contribution < 1.29 is 0 Å². The SMILES string of the molecule is CC1(C)c2ccccc2-c2ccc(N(c3ccccc3)c3ccc4sc5c6ccccc6cc(-c6ccccc6)c5c4c3)cc21. The van der Waals surface area contributed by atoms with Gasteiger partial charge in [0.15, 0.2) is 0 Å². The summed E-state index contributed by atoms with van der Waals surface area (Å²) in [4.78, 5) is 2.42. The highest BCUT2D eigenvalue weighted by Gasteiger charge is 2.35. The lowest BCUT2D eigenvalue weighted by Gasteiger charge is -2.28. The molecule has 45 heavy (non-hydrogen) atoms. The third-order valence-corrected chi connectivity index (χ3v) is 10.8. The summed E-state index contributed by atoms with van der Waals surface area (Å²) in [5, 5.41) is 5.23. The molecule has 0 saturated carbocycles. The Morgan fingerprint density at radius 2 is 1.16 bits per heavy atom. The number of hydrogen-bond donors (Lipinski definition) is 0. The van der Waals surface area contributed by atoms with Crippen molar-refractivity contribution in [1.29, 1.82) is 0 Å². The molecule has 1 heterocycles. The lowest BCUT2D eigenvalue weighted by atomic mass is 9.82. The Balaban J connectivity index is 1.29. The summed E-state index contributed by atoms with van der Waals surface area (Å²) in [7, 11) is 0. The second-order valence-corrected chi connectivity index (χ2v) is 13.6. The van der Waals surface area contributed by atoms with Gasteiger partial charge in [-0.15, -0.1) is 11.3 Å². The van der Waals surface area contributed by atoms with Gasteiger partial charge in [-0.2, -0.15) is 0 Å². The molecule has 0 fully saturated rings. The van der Waals surface area contributed by atoms with Crippen molar-refractivity contribution in [2.75, 3.05) is 4.90 Å². The van der Waals surface area contributed by atoms with Crippen LogP contribution in [0.5, 0.6) is 0 Å². The van der Waals surface area contributed by atoms with E-state index in [1.807, 2.05) is 11.3 Å². The summed E-state index contributed by atoms with van der Waals surface area (Å²) in [5.74, 6) is 0. The highest BCUT2D eigenvalue weighted by molar-refractivity contribution is 7.26. The van der Waals surface area contributed by atoms with Gasteiger partial charge in [0, 0.05) is 42.6 Å². The summed E-state index contributed by atoms with van der Waals surface area (Å²) in [6.45, 7) is 4.71. The predicted octanol–water partition coefficient (Wildman–Crippen LogP) is 12.7. The van der Waals surface area contributed by atoms with Gasteiger partial charge < -0.3 is 4.90 Å². The van der Waals surface area contributed by atoms with Crippen LogP contribution in [0.2, 0.25) is 0 Å². The number of benzene rings is 7. The first-order valence-electron chi connectivity index (χ1n) is 15.6. The van der Waals surface area contributed by atoms with Crippen molar-refractivity contribution in [3.8, 4) is 22.3 Å². The van der Waals surface area contributed by atoms with E-state index in [0.717, 1.165) is 11.4 Å². The monoisotopic (exact) mass is 593 g/mol. The number of anilines is 3. The van der Waals surface area contributed by atoms with Gasteiger partial charge in [-0.25, -0.2) is 0 Å². The highest BCUT2D eigenvalue weighted by Crippen LogP contribution is 2.51. The fourth-order valence-corrected chi connectivity index (χ4v) is 8.68. The van der Waals surface area contributed by atoms with Crippen molar-refractivity contribution in [2.24, 2.45) is 0 Å². The van der Waals surface area contributed by atoms with Gasteiger partial charge in [-0.05, 0) is 92.7 Å². The minimum atomic E-state index is -0.0660. The van der Waals surface area contributed by atoms with Crippen LogP contribution in [0.4, 0.5) is 17.1 Å². The Bertz CT molecular complexity index is 2400. The number of para-hydroxylation sites is 1. The molecule has 1 nitrogen and oxygen atoms in total. The molecule has 0 N–H and O–H groups in total. The molecule has 0 spiro atoms. The van der Waals surface area contributed by atoms with E-state index in [4.69, 9.17) is 0 Å². The zero-order chi connectivity index (χ0) is 30.1. The molecule has 1 aromatic heterocycles. The van der Waals surface area contributed by atoms with Crippen LogP contribution in [-0.4, -0.2) is 0 Å². The molecule has 1 aliphatic carbocycles. The quantitative estimate of drug-likeness (QED) is 0.196. The minimum Gasteiger partial charge on any atom is -0.310 e. The van der Waals surface area contributed by atoms with Crippen LogP contribution in [0, 0.1) is 0 Å². The van der Waals surface area contributed by atoms with E-state index < -0.39 is 0 Å². The van der Waals surface area contributed by atoms with Crippen LogP contribution in [0.15, 0.2) is 152 Å². The van der Waals surface area contributed by atoms with E-state index in [9.17, 15) is 0 Å². The van der Waals surface area contributed by atoms with Crippen LogP contribution in [0.3, 0.4) is 0 Å². The highest BCUT2D eigenvalue weighted by atomic mass is 32.1.